The van der Waals surface area contributed by atoms with Crippen molar-refractivity contribution in [2.45, 2.75) is 6.92 Å². The Labute approximate surface area is 146 Å². The van der Waals surface area contributed by atoms with Gasteiger partial charge in [0.2, 0.25) is 0 Å². The normalized spacial score (nSPS) is 10.0. The van der Waals surface area contributed by atoms with Crippen LogP contribution in [0.5, 0.6) is 0 Å². The standard InChI is InChI=1S/C15H16N3O.ClH.HI/c1-11-9-16(2)10-13-14(11)17(3)18(15(13)19)12-7-5-4-6-8-12;;/h4-10H,1-3H3;2*1H/q+1;;/p-1. The SMILES string of the molecule is Cc1c[n+](C)cc2c(=O)n(-c3ccccc3)n(C)c12.Cl.[I-]. The number of hydrogen-bond acceptors (Lipinski definition) is 1. The Morgan fingerprint density at radius 2 is 1.71 bits per heavy atom. The van der Waals surface area contributed by atoms with Crippen LogP contribution in [0.15, 0.2) is 47.5 Å². The zero-order valence-corrected chi connectivity index (χ0v) is 15.1. The molecule has 0 radical (unpaired) electrons. The van der Waals surface area contributed by atoms with E-state index in [1.165, 1.54) is 0 Å². The van der Waals surface area contributed by atoms with Crippen LogP contribution in [0.2, 0.25) is 0 Å². The second kappa shape index (κ2) is 6.62. The fourth-order valence-electron chi connectivity index (χ4n) is 2.68. The second-order valence-electron chi connectivity index (χ2n) is 4.85. The Morgan fingerprint density at radius 1 is 1.10 bits per heavy atom. The van der Waals surface area contributed by atoms with Crippen LogP contribution in [0.3, 0.4) is 0 Å². The Bertz CT molecular complexity index is 824. The molecule has 6 heteroatoms. The lowest BCUT2D eigenvalue weighted by Crippen LogP contribution is -3.00. The van der Waals surface area contributed by atoms with E-state index in [-0.39, 0.29) is 41.9 Å². The Kier molecular flexibility index (Phi) is 5.58. The first-order valence-electron chi connectivity index (χ1n) is 6.22. The molecule has 2 heterocycles. The molecule has 1 aromatic carbocycles. The minimum absolute atomic E-state index is 0. The zero-order valence-electron chi connectivity index (χ0n) is 12.1. The molecule has 0 saturated carbocycles. The molecule has 0 saturated heterocycles. The van der Waals surface area contributed by atoms with Gasteiger partial charge in [-0.3, -0.25) is 9.48 Å². The number of para-hydroxylation sites is 1. The molecule has 0 bridgehead atoms. The van der Waals surface area contributed by atoms with E-state index in [1.54, 1.807) is 4.68 Å². The van der Waals surface area contributed by atoms with E-state index in [9.17, 15) is 4.79 Å². The number of rotatable bonds is 1. The third-order valence-corrected chi connectivity index (χ3v) is 3.41. The highest BCUT2D eigenvalue weighted by molar-refractivity contribution is 5.85. The number of aromatic nitrogens is 3. The molecule has 3 aromatic rings. The van der Waals surface area contributed by atoms with Crippen molar-refractivity contribution in [2.75, 3.05) is 0 Å². The van der Waals surface area contributed by atoms with E-state index in [4.69, 9.17) is 0 Å². The monoisotopic (exact) mass is 417 g/mol. The third kappa shape index (κ3) is 2.85. The second-order valence-corrected chi connectivity index (χ2v) is 4.85. The van der Waals surface area contributed by atoms with Crippen LogP contribution in [0, 0.1) is 6.92 Å². The molecule has 0 unspecified atom stereocenters. The van der Waals surface area contributed by atoms with Crippen LogP contribution < -0.4 is 34.1 Å². The van der Waals surface area contributed by atoms with Crippen molar-refractivity contribution in [1.29, 1.82) is 0 Å². The van der Waals surface area contributed by atoms with Gasteiger partial charge in [0.25, 0.3) is 5.56 Å². The van der Waals surface area contributed by atoms with Crippen molar-refractivity contribution in [3.8, 4) is 5.69 Å². The molecule has 0 aliphatic rings. The number of pyridine rings is 1. The maximum atomic E-state index is 12.6. The average Bonchev–Trinajstić information content (AvgIpc) is 2.62. The lowest BCUT2D eigenvalue weighted by atomic mass is 10.2. The molecule has 0 amide bonds. The topological polar surface area (TPSA) is 30.8 Å². The van der Waals surface area contributed by atoms with Crippen LogP contribution in [0.1, 0.15) is 5.56 Å². The molecule has 0 atom stereocenters. The van der Waals surface area contributed by atoms with Crippen LogP contribution in [-0.4, -0.2) is 9.36 Å². The molecule has 0 spiro atoms. The van der Waals surface area contributed by atoms with Crippen molar-refractivity contribution in [3.05, 3.63) is 58.6 Å². The molecule has 0 N–H and O–H groups in total. The molecule has 21 heavy (non-hydrogen) atoms. The number of hydrogen-bond donors (Lipinski definition) is 0. The van der Waals surface area contributed by atoms with E-state index in [0.717, 1.165) is 22.2 Å². The number of nitrogens with zero attached hydrogens (tertiary/aromatic N) is 3. The number of halogens is 2. The van der Waals surface area contributed by atoms with Crippen molar-refractivity contribution in [2.24, 2.45) is 14.1 Å². The summed E-state index contributed by atoms with van der Waals surface area (Å²) in [4.78, 5) is 12.6. The maximum Gasteiger partial charge on any atom is 0.285 e. The highest BCUT2D eigenvalue weighted by Gasteiger charge is 2.17. The number of benzene rings is 1. The fraction of sp³-hybridized carbons (Fsp3) is 0.200. The van der Waals surface area contributed by atoms with Gasteiger partial charge in [-0.25, -0.2) is 9.25 Å². The predicted molar refractivity (Wildman–Crippen MR) is 81.7 cm³/mol. The van der Waals surface area contributed by atoms with E-state index < -0.39 is 0 Å². The summed E-state index contributed by atoms with van der Waals surface area (Å²) in [5.74, 6) is 0. The summed E-state index contributed by atoms with van der Waals surface area (Å²) in [7, 11) is 3.86. The van der Waals surface area contributed by atoms with Gasteiger partial charge < -0.3 is 24.0 Å². The first kappa shape index (κ1) is 17.7. The summed E-state index contributed by atoms with van der Waals surface area (Å²) < 4.78 is 5.55. The van der Waals surface area contributed by atoms with Crippen LogP contribution in [-0.2, 0) is 14.1 Å². The minimum Gasteiger partial charge on any atom is -1.00 e. The molecule has 0 aliphatic carbocycles. The number of aryl methyl sites for hydroxylation is 3. The largest absolute Gasteiger partial charge is 1.00 e. The summed E-state index contributed by atoms with van der Waals surface area (Å²) in [6, 6.07) is 9.70. The van der Waals surface area contributed by atoms with Crippen molar-refractivity contribution in [1.82, 2.24) is 9.36 Å². The predicted octanol–water partition coefficient (Wildman–Crippen LogP) is -1.11. The van der Waals surface area contributed by atoms with Crippen LogP contribution in [0.4, 0.5) is 0 Å². The van der Waals surface area contributed by atoms with Gasteiger partial charge in [-0.05, 0) is 19.1 Å². The lowest BCUT2D eigenvalue weighted by molar-refractivity contribution is -0.670. The van der Waals surface area contributed by atoms with Gasteiger partial charge in [-0.15, -0.1) is 12.4 Å². The maximum absolute atomic E-state index is 12.6. The summed E-state index contributed by atoms with van der Waals surface area (Å²) in [6.45, 7) is 2.02. The summed E-state index contributed by atoms with van der Waals surface area (Å²) in [6.07, 6.45) is 3.90. The van der Waals surface area contributed by atoms with E-state index in [2.05, 4.69) is 0 Å². The van der Waals surface area contributed by atoms with Gasteiger partial charge in [-0.2, -0.15) is 0 Å². The van der Waals surface area contributed by atoms with Gasteiger partial charge in [0.1, 0.15) is 12.4 Å². The molecule has 0 fully saturated rings. The quantitative estimate of drug-likeness (QED) is 0.365. The molecule has 2 aromatic heterocycles. The lowest BCUT2D eigenvalue weighted by Gasteiger charge is -2.07. The van der Waals surface area contributed by atoms with Crippen molar-refractivity contribution < 1.29 is 28.5 Å². The van der Waals surface area contributed by atoms with Crippen molar-refractivity contribution in [3.63, 3.8) is 0 Å². The molecular weight excluding hydrogens is 401 g/mol. The van der Waals surface area contributed by atoms with Gasteiger partial charge in [0.05, 0.1) is 11.2 Å². The molecular formula is C15H17ClIN3O. The van der Waals surface area contributed by atoms with E-state index in [0.29, 0.717) is 0 Å². The first-order chi connectivity index (χ1) is 9.09. The Balaban J connectivity index is 0.00000110. The molecule has 4 nitrogen and oxygen atoms in total. The van der Waals surface area contributed by atoms with Gasteiger partial charge >= 0.3 is 0 Å². The van der Waals surface area contributed by atoms with Crippen LogP contribution in [0.25, 0.3) is 16.6 Å². The molecule has 3 rings (SSSR count). The summed E-state index contributed by atoms with van der Waals surface area (Å²) >= 11 is 0. The molecule has 0 aliphatic heterocycles. The number of fused-ring (bicyclic) bond motifs is 1. The average molecular weight is 418 g/mol. The van der Waals surface area contributed by atoms with Gasteiger partial charge in [-0.1, -0.05) is 18.2 Å². The van der Waals surface area contributed by atoms with Gasteiger partial charge in [0, 0.05) is 12.6 Å². The fourth-order valence-corrected chi connectivity index (χ4v) is 2.68. The molecule has 112 valence electrons. The van der Waals surface area contributed by atoms with E-state index in [1.807, 2.05) is 73.0 Å². The highest BCUT2D eigenvalue weighted by atomic mass is 127. The zero-order chi connectivity index (χ0) is 13.6. The highest BCUT2D eigenvalue weighted by Crippen LogP contribution is 2.15. The Morgan fingerprint density at radius 3 is 2.33 bits per heavy atom. The van der Waals surface area contributed by atoms with Gasteiger partial charge in [0.15, 0.2) is 12.4 Å². The smallest absolute Gasteiger partial charge is 0.285 e. The minimum atomic E-state index is 0. The summed E-state index contributed by atoms with van der Waals surface area (Å²) in [5, 5.41) is 0.744. The Hall–Kier alpha value is -1.34. The summed E-state index contributed by atoms with van der Waals surface area (Å²) in [5.41, 5.74) is 2.97. The first-order valence-corrected chi connectivity index (χ1v) is 6.22. The third-order valence-electron chi connectivity index (χ3n) is 3.41. The van der Waals surface area contributed by atoms with Crippen LogP contribution >= 0.6 is 12.4 Å². The van der Waals surface area contributed by atoms with E-state index >= 15 is 0 Å². The van der Waals surface area contributed by atoms with Crippen molar-refractivity contribution >= 4 is 23.3 Å².